The summed E-state index contributed by atoms with van der Waals surface area (Å²) in [5.41, 5.74) is 0.886. The molecule has 0 saturated carbocycles. The maximum absolute atomic E-state index is 12.1. The molecule has 1 heterocycles. The average Bonchev–Trinajstić information content (AvgIpc) is 2.73. The zero-order chi connectivity index (χ0) is 14.8. The van der Waals surface area contributed by atoms with Crippen LogP contribution >= 0.6 is 0 Å². The van der Waals surface area contributed by atoms with Gasteiger partial charge in [0.1, 0.15) is 5.75 Å². The van der Waals surface area contributed by atoms with Crippen molar-refractivity contribution < 1.29 is 19.1 Å². The number of allylic oxidation sites excluding steroid dienone is 1. The van der Waals surface area contributed by atoms with E-state index in [0.717, 1.165) is 11.1 Å². The van der Waals surface area contributed by atoms with Crippen LogP contribution in [0.5, 0.6) is 5.75 Å². The standard InChI is InChI=1S/C16H18O4/c1-4-5-6-14(17)19-15(18)16(3)10-12-8-7-11(2)9-13(12)20-16/h4,7-9H,1,5-6,10H2,2-3H3. The van der Waals surface area contributed by atoms with E-state index in [0.29, 0.717) is 18.6 Å². The third-order valence-corrected chi connectivity index (χ3v) is 3.28. The summed E-state index contributed by atoms with van der Waals surface area (Å²) in [7, 11) is 0. The summed E-state index contributed by atoms with van der Waals surface area (Å²) in [6, 6.07) is 5.78. The van der Waals surface area contributed by atoms with Gasteiger partial charge in [-0.15, -0.1) is 6.58 Å². The number of aryl methyl sites for hydroxylation is 1. The highest BCUT2D eigenvalue weighted by atomic mass is 16.6. The maximum Gasteiger partial charge on any atom is 0.358 e. The molecule has 4 heteroatoms. The number of ether oxygens (including phenoxy) is 2. The highest BCUT2D eigenvalue weighted by Crippen LogP contribution is 2.36. The quantitative estimate of drug-likeness (QED) is 0.481. The predicted octanol–water partition coefficient (Wildman–Crippen LogP) is 2.72. The van der Waals surface area contributed by atoms with Crippen LogP contribution in [-0.4, -0.2) is 17.5 Å². The Bertz CT molecular complexity index is 562. The molecule has 0 bridgehead atoms. The third-order valence-electron chi connectivity index (χ3n) is 3.28. The minimum absolute atomic E-state index is 0.150. The SMILES string of the molecule is C=CCCC(=O)OC(=O)C1(C)Cc2ccc(C)cc2O1. The first-order valence-corrected chi connectivity index (χ1v) is 6.59. The minimum atomic E-state index is -1.13. The lowest BCUT2D eigenvalue weighted by atomic mass is 9.99. The van der Waals surface area contributed by atoms with E-state index < -0.39 is 17.5 Å². The summed E-state index contributed by atoms with van der Waals surface area (Å²) >= 11 is 0. The Morgan fingerprint density at radius 2 is 2.25 bits per heavy atom. The summed E-state index contributed by atoms with van der Waals surface area (Å²) in [4.78, 5) is 23.6. The van der Waals surface area contributed by atoms with E-state index in [1.165, 1.54) is 0 Å². The lowest BCUT2D eigenvalue weighted by Crippen LogP contribution is -2.42. The van der Waals surface area contributed by atoms with Crippen molar-refractivity contribution >= 4 is 11.9 Å². The maximum atomic E-state index is 12.1. The molecule has 0 aromatic heterocycles. The fraction of sp³-hybridized carbons (Fsp3) is 0.375. The van der Waals surface area contributed by atoms with E-state index in [1.807, 2.05) is 25.1 Å². The van der Waals surface area contributed by atoms with Crippen molar-refractivity contribution in [3.63, 3.8) is 0 Å². The van der Waals surface area contributed by atoms with Crippen LogP contribution in [-0.2, 0) is 20.7 Å². The Labute approximate surface area is 118 Å². The van der Waals surface area contributed by atoms with Gasteiger partial charge in [-0.05, 0) is 37.5 Å². The van der Waals surface area contributed by atoms with Crippen molar-refractivity contribution in [2.45, 2.75) is 38.7 Å². The first kappa shape index (κ1) is 14.3. The van der Waals surface area contributed by atoms with E-state index in [1.54, 1.807) is 13.0 Å². The molecule has 1 atom stereocenters. The number of esters is 2. The molecular weight excluding hydrogens is 256 g/mol. The number of rotatable bonds is 4. The Balaban J connectivity index is 2.05. The summed E-state index contributed by atoms with van der Waals surface area (Å²) in [5, 5.41) is 0. The van der Waals surface area contributed by atoms with Crippen LogP contribution < -0.4 is 4.74 Å². The van der Waals surface area contributed by atoms with Crippen LogP contribution in [0.25, 0.3) is 0 Å². The Hall–Kier alpha value is -2.10. The molecule has 1 unspecified atom stereocenters. The topological polar surface area (TPSA) is 52.6 Å². The number of fused-ring (bicyclic) bond motifs is 1. The highest BCUT2D eigenvalue weighted by Gasteiger charge is 2.44. The minimum Gasteiger partial charge on any atom is -0.475 e. The highest BCUT2D eigenvalue weighted by molar-refractivity contribution is 5.91. The van der Waals surface area contributed by atoms with Gasteiger partial charge < -0.3 is 9.47 Å². The monoisotopic (exact) mass is 274 g/mol. The molecule has 0 amide bonds. The molecule has 0 saturated heterocycles. The smallest absolute Gasteiger partial charge is 0.358 e. The molecule has 0 N–H and O–H groups in total. The second-order valence-corrected chi connectivity index (χ2v) is 5.21. The van der Waals surface area contributed by atoms with E-state index in [2.05, 4.69) is 6.58 Å². The summed E-state index contributed by atoms with van der Waals surface area (Å²) in [5.74, 6) is -0.504. The second-order valence-electron chi connectivity index (χ2n) is 5.21. The van der Waals surface area contributed by atoms with Crippen molar-refractivity contribution in [1.82, 2.24) is 0 Å². The Morgan fingerprint density at radius 1 is 1.50 bits per heavy atom. The summed E-state index contributed by atoms with van der Waals surface area (Å²) in [6.07, 6.45) is 2.66. The van der Waals surface area contributed by atoms with Crippen LogP contribution in [0.15, 0.2) is 30.9 Å². The zero-order valence-electron chi connectivity index (χ0n) is 11.8. The lowest BCUT2D eigenvalue weighted by Gasteiger charge is -2.20. The summed E-state index contributed by atoms with van der Waals surface area (Å²) < 4.78 is 10.5. The van der Waals surface area contributed by atoms with Crippen LogP contribution in [0.4, 0.5) is 0 Å². The molecule has 106 valence electrons. The zero-order valence-corrected chi connectivity index (χ0v) is 11.8. The molecule has 20 heavy (non-hydrogen) atoms. The van der Waals surface area contributed by atoms with Crippen LogP contribution in [0, 0.1) is 6.92 Å². The predicted molar refractivity (Wildman–Crippen MR) is 74.4 cm³/mol. The number of carbonyl (C=O) groups excluding carboxylic acids is 2. The molecule has 1 aromatic rings. The van der Waals surface area contributed by atoms with Gasteiger partial charge in [-0.25, -0.2) is 4.79 Å². The molecule has 1 aromatic carbocycles. The van der Waals surface area contributed by atoms with Gasteiger partial charge in [0, 0.05) is 12.8 Å². The van der Waals surface area contributed by atoms with E-state index >= 15 is 0 Å². The van der Waals surface area contributed by atoms with Crippen molar-refractivity contribution in [3.8, 4) is 5.75 Å². The first-order valence-electron chi connectivity index (χ1n) is 6.59. The van der Waals surface area contributed by atoms with Crippen LogP contribution in [0.1, 0.15) is 30.9 Å². The Kier molecular flexibility index (Phi) is 3.93. The number of benzene rings is 1. The number of hydrogen-bond donors (Lipinski definition) is 0. The molecule has 0 spiro atoms. The largest absolute Gasteiger partial charge is 0.475 e. The molecule has 0 aliphatic carbocycles. The van der Waals surface area contributed by atoms with Crippen molar-refractivity contribution in [3.05, 3.63) is 42.0 Å². The molecule has 4 nitrogen and oxygen atoms in total. The van der Waals surface area contributed by atoms with Crippen molar-refractivity contribution in [2.75, 3.05) is 0 Å². The molecule has 0 fully saturated rings. The molecule has 2 rings (SSSR count). The normalized spacial score (nSPS) is 19.9. The van der Waals surface area contributed by atoms with Gasteiger partial charge in [-0.1, -0.05) is 18.2 Å². The van der Waals surface area contributed by atoms with Gasteiger partial charge >= 0.3 is 11.9 Å². The van der Waals surface area contributed by atoms with Gasteiger partial charge in [0.15, 0.2) is 0 Å². The second kappa shape index (κ2) is 5.49. The Morgan fingerprint density at radius 3 is 2.95 bits per heavy atom. The third kappa shape index (κ3) is 2.90. The van der Waals surface area contributed by atoms with Gasteiger partial charge in [-0.3, -0.25) is 4.79 Å². The fourth-order valence-corrected chi connectivity index (χ4v) is 2.14. The molecule has 1 aliphatic rings. The van der Waals surface area contributed by atoms with Crippen LogP contribution in [0.2, 0.25) is 0 Å². The first-order chi connectivity index (χ1) is 9.44. The lowest BCUT2D eigenvalue weighted by molar-refractivity contribution is -0.169. The van der Waals surface area contributed by atoms with Gasteiger partial charge in [0.2, 0.25) is 5.60 Å². The van der Waals surface area contributed by atoms with Gasteiger partial charge in [-0.2, -0.15) is 0 Å². The van der Waals surface area contributed by atoms with Gasteiger partial charge in [0.25, 0.3) is 0 Å². The van der Waals surface area contributed by atoms with E-state index in [4.69, 9.17) is 9.47 Å². The molecular formula is C16H18O4. The number of carbonyl (C=O) groups is 2. The average molecular weight is 274 g/mol. The number of hydrogen-bond acceptors (Lipinski definition) is 4. The van der Waals surface area contributed by atoms with E-state index in [-0.39, 0.29) is 6.42 Å². The fourth-order valence-electron chi connectivity index (χ4n) is 2.14. The molecule has 1 aliphatic heterocycles. The van der Waals surface area contributed by atoms with Gasteiger partial charge in [0.05, 0.1) is 0 Å². The van der Waals surface area contributed by atoms with Crippen LogP contribution in [0.3, 0.4) is 0 Å². The summed E-state index contributed by atoms with van der Waals surface area (Å²) in [6.45, 7) is 7.12. The molecule has 0 radical (unpaired) electrons. The van der Waals surface area contributed by atoms with Crippen molar-refractivity contribution in [1.29, 1.82) is 0 Å². The van der Waals surface area contributed by atoms with E-state index in [9.17, 15) is 9.59 Å². The van der Waals surface area contributed by atoms with Crippen molar-refractivity contribution in [2.24, 2.45) is 0 Å².